The van der Waals surface area contributed by atoms with Gasteiger partial charge in [0.05, 0.1) is 22.5 Å². The highest BCUT2D eigenvalue weighted by molar-refractivity contribution is 6.12. The van der Waals surface area contributed by atoms with E-state index in [2.05, 4.69) is 16.8 Å². The number of halogens is 3. The van der Waals surface area contributed by atoms with Gasteiger partial charge < -0.3 is 15.3 Å². The minimum absolute atomic E-state index is 0.0435. The van der Waals surface area contributed by atoms with E-state index >= 15 is 0 Å². The first-order valence-corrected chi connectivity index (χ1v) is 11.2. The standard InChI is InChI=1S/C26H26F3N3O2/c1-16(20-5-4-6-21(20)24(30)17-7-9-18(10-8-17)25(33)34)31-23-15-19(32-13-2-3-14-32)11-12-22(23)26(27,28)29/h7-12,15,30-31H,1-6,13-14H2,(H,33,34). The summed E-state index contributed by atoms with van der Waals surface area (Å²) in [5.41, 5.74) is 2.65. The first kappa shape index (κ1) is 23.6. The number of nitrogens with zero attached hydrogens (tertiary/aromatic N) is 1. The molecule has 0 unspecified atom stereocenters. The van der Waals surface area contributed by atoms with Crippen molar-refractivity contribution in [2.75, 3.05) is 23.3 Å². The molecule has 8 heteroatoms. The van der Waals surface area contributed by atoms with Gasteiger partial charge in [0, 0.05) is 24.5 Å². The van der Waals surface area contributed by atoms with Gasteiger partial charge in [-0.05, 0) is 79.1 Å². The number of carboxylic acid groups (broad SMARTS) is 1. The Morgan fingerprint density at radius 3 is 2.21 bits per heavy atom. The van der Waals surface area contributed by atoms with Crippen LogP contribution in [0.15, 0.2) is 65.9 Å². The fraction of sp³-hybridized carbons (Fsp3) is 0.308. The molecule has 0 atom stereocenters. The van der Waals surface area contributed by atoms with E-state index in [1.807, 2.05) is 0 Å². The van der Waals surface area contributed by atoms with Gasteiger partial charge in [0.25, 0.3) is 0 Å². The highest BCUT2D eigenvalue weighted by atomic mass is 19.4. The molecule has 0 saturated carbocycles. The summed E-state index contributed by atoms with van der Waals surface area (Å²) >= 11 is 0. The Kier molecular flexibility index (Phi) is 6.50. The van der Waals surface area contributed by atoms with Crippen LogP contribution in [0.1, 0.15) is 53.6 Å². The van der Waals surface area contributed by atoms with Gasteiger partial charge in [-0.1, -0.05) is 18.7 Å². The first-order valence-electron chi connectivity index (χ1n) is 11.2. The van der Waals surface area contributed by atoms with Crippen molar-refractivity contribution in [2.45, 2.75) is 38.3 Å². The minimum Gasteiger partial charge on any atom is -0.478 e. The number of hydrogen-bond acceptors (Lipinski definition) is 4. The summed E-state index contributed by atoms with van der Waals surface area (Å²) in [5.74, 6) is -1.05. The van der Waals surface area contributed by atoms with Gasteiger partial charge in [-0.3, -0.25) is 5.41 Å². The fourth-order valence-corrected chi connectivity index (χ4v) is 4.60. The van der Waals surface area contributed by atoms with E-state index in [9.17, 15) is 18.0 Å². The van der Waals surface area contributed by atoms with E-state index in [4.69, 9.17) is 10.5 Å². The monoisotopic (exact) mass is 469 g/mol. The normalized spacial score (nSPS) is 16.1. The molecule has 0 aromatic heterocycles. The number of rotatable bonds is 7. The van der Waals surface area contributed by atoms with E-state index < -0.39 is 17.7 Å². The Bertz CT molecular complexity index is 1160. The summed E-state index contributed by atoms with van der Waals surface area (Å²) in [6.07, 6.45) is -0.511. The lowest BCUT2D eigenvalue weighted by Gasteiger charge is -2.23. The molecule has 2 aromatic rings. The molecule has 0 amide bonds. The molecule has 1 aliphatic carbocycles. The van der Waals surface area contributed by atoms with Crippen LogP contribution >= 0.6 is 0 Å². The molecule has 1 saturated heterocycles. The number of anilines is 2. The molecular formula is C26H26F3N3O2. The molecular weight excluding hydrogens is 443 g/mol. The van der Waals surface area contributed by atoms with Crippen molar-refractivity contribution in [3.8, 4) is 0 Å². The minimum atomic E-state index is -4.52. The number of carboxylic acids is 1. The molecule has 1 aliphatic heterocycles. The van der Waals surface area contributed by atoms with Crippen LogP contribution in [-0.2, 0) is 6.18 Å². The van der Waals surface area contributed by atoms with Crippen LogP contribution in [0, 0.1) is 5.41 Å². The summed E-state index contributed by atoms with van der Waals surface area (Å²) in [5, 5.41) is 20.6. The summed E-state index contributed by atoms with van der Waals surface area (Å²) in [6.45, 7) is 5.66. The zero-order valence-corrected chi connectivity index (χ0v) is 18.6. The van der Waals surface area contributed by atoms with E-state index in [1.54, 1.807) is 12.1 Å². The van der Waals surface area contributed by atoms with Crippen LogP contribution in [0.5, 0.6) is 0 Å². The van der Waals surface area contributed by atoms with Crippen molar-refractivity contribution in [3.63, 3.8) is 0 Å². The van der Waals surface area contributed by atoms with Crippen molar-refractivity contribution in [1.29, 1.82) is 5.41 Å². The molecule has 178 valence electrons. The topological polar surface area (TPSA) is 76.4 Å². The molecule has 34 heavy (non-hydrogen) atoms. The Hall–Kier alpha value is -3.55. The van der Waals surface area contributed by atoms with Crippen LogP contribution in [0.3, 0.4) is 0 Å². The molecule has 0 bridgehead atoms. The average molecular weight is 470 g/mol. The van der Waals surface area contributed by atoms with Crippen LogP contribution in [0.4, 0.5) is 24.5 Å². The maximum atomic E-state index is 13.7. The summed E-state index contributed by atoms with van der Waals surface area (Å²) < 4.78 is 41.2. The lowest BCUT2D eigenvalue weighted by atomic mass is 9.97. The Labute approximate surface area is 196 Å². The van der Waals surface area contributed by atoms with Crippen LogP contribution < -0.4 is 10.2 Å². The van der Waals surface area contributed by atoms with Gasteiger partial charge in [0.2, 0.25) is 0 Å². The third-order valence-corrected chi connectivity index (χ3v) is 6.37. The second-order valence-corrected chi connectivity index (χ2v) is 8.59. The number of carbonyl (C=O) groups is 1. The highest BCUT2D eigenvalue weighted by Crippen LogP contribution is 2.40. The van der Waals surface area contributed by atoms with Crippen molar-refractivity contribution in [1.82, 2.24) is 0 Å². The van der Waals surface area contributed by atoms with Crippen molar-refractivity contribution in [3.05, 3.63) is 82.6 Å². The maximum absolute atomic E-state index is 13.7. The summed E-state index contributed by atoms with van der Waals surface area (Å²) in [4.78, 5) is 13.2. The van der Waals surface area contributed by atoms with Crippen molar-refractivity contribution < 1.29 is 23.1 Å². The quantitative estimate of drug-likeness (QED) is 0.406. The Balaban J connectivity index is 1.62. The van der Waals surface area contributed by atoms with Gasteiger partial charge in [-0.25, -0.2) is 4.79 Å². The fourth-order valence-electron chi connectivity index (χ4n) is 4.60. The lowest BCUT2D eigenvalue weighted by molar-refractivity contribution is -0.136. The van der Waals surface area contributed by atoms with E-state index in [0.29, 0.717) is 29.7 Å². The van der Waals surface area contributed by atoms with E-state index in [0.717, 1.165) is 49.7 Å². The number of hydrogen-bond donors (Lipinski definition) is 3. The first-order chi connectivity index (χ1) is 16.1. The second kappa shape index (κ2) is 9.37. The summed E-state index contributed by atoms with van der Waals surface area (Å²) in [6, 6.07) is 10.2. The average Bonchev–Trinajstić information content (AvgIpc) is 3.50. The highest BCUT2D eigenvalue weighted by Gasteiger charge is 2.34. The maximum Gasteiger partial charge on any atom is 0.418 e. The number of nitrogens with one attached hydrogen (secondary N) is 2. The van der Waals surface area contributed by atoms with Crippen LogP contribution in [-0.4, -0.2) is 29.9 Å². The third kappa shape index (κ3) is 4.85. The van der Waals surface area contributed by atoms with Gasteiger partial charge >= 0.3 is 12.1 Å². The zero-order chi connectivity index (χ0) is 24.5. The second-order valence-electron chi connectivity index (χ2n) is 8.59. The molecule has 5 nitrogen and oxygen atoms in total. The molecule has 1 fully saturated rings. The molecule has 1 heterocycles. The summed E-state index contributed by atoms with van der Waals surface area (Å²) in [7, 11) is 0. The van der Waals surface area contributed by atoms with Crippen molar-refractivity contribution >= 4 is 23.1 Å². The zero-order valence-electron chi connectivity index (χ0n) is 18.6. The number of aromatic carboxylic acids is 1. The number of benzene rings is 2. The molecule has 4 rings (SSSR count). The third-order valence-electron chi connectivity index (χ3n) is 6.37. The number of allylic oxidation sites excluding steroid dienone is 2. The van der Waals surface area contributed by atoms with E-state index in [-0.39, 0.29) is 17.0 Å². The van der Waals surface area contributed by atoms with E-state index in [1.165, 1.54) is 24.3 Å². The Morgan fingerprint density at radius 1 is 0.971 bits per heavy atom. The van der Waals surface area contributed by atoms with Gasteiger partial charge in [0.15, 0.2) is 0 Å². The predicted molar refractivity (Wildman–Crippen MR) is 127 cm³/mol. The largest absolute Gasteiger partial charge is 0.478 e. The predicted octanol–water partition coefficient (Wildman–Crippen LogP) is 6.48. The molecule has 0 radical (unpaired) electrons. The van der Waals surface area contributed by atoms with Gasteiger partial charge in [-0.15, -0.1) is 0 Å². The van der Waals surface area contributed by atoms with Gasteiger partial charge in [0.1, 0.15) is 0 Å². The smallest absolute Gasteiger partial charge is 0.418 e. The molecule has 2 aromatic carbocycles. The van der Waals surface area contributed by atoms with Crippen molar-refractivity contribution in [2.24, 2.45) is 0 Å². The van der Waals surface area contributed by atoms with Gasteiger partial charge in [-0.2, -0.15) is 13.2 Å². The lowest BCUT2D eigenvalue weighted by Crippen LogP contribution is -2.19. The Morgan fingerprint density at radius 2 is 1.59 bits per heavy atom. The van der Waals surface area contributed by atoms with Crippen LogP contribution in [0.2, 0.25) is 0 Å². The number of alkyl halides is 3. The van der Waals surface area contributed by atoms with Crippen LogP contribution in [0.25, 0.3) is 0 Å². The molecule has 3 N–H and O–H groups in total. The molecule has 0 spiro atoms. The SMILES string of the molecule is C=C(Nc1cc(N2CCCC2)ccc1C(F)(F)F)C1=C(C(=N)c2ccc(C(=O)O)cc2)CCC1. The molecule has 2 aliphatic rings.